The highest BCUT2D eigenvalue weighted by Gasteiger charge is 2.20. The fraction of sp³-hybridized carbons (Fsp3) is 0.364. The summed E-state index contributed by atoms with van der Waals surface area (Å²) in [5.41, 5.74) is 2.57. The van der Waals surface area contributed by atoms with Gasteiger partial charge in [-0.25, -0.2) is 4.79 Å². The normalized spacial score (nSPS) is 13.1. The summed E-state index contributed by atoms with van der Waals surface area (Å²) in [7, 11) is 0. The second-order valence-corrected chi connectivity index (χ2v) is 7.17. The van der Waals surface area contributed by atoms with Crippen molar-refractivity contribution in [3.8, 4) is 17.2 Å². The lowest BCUT2D eigenvalue weighted by Crippen LogP contribution is -2.31. The maximum Gasteiger partial charge on any atom is 0.344 e. The molecule has 1 heterocycles. The minimum Gasteiger partial charge on any atom is -0.482 e. The quantitative estimate of drug-likeness (QED) is 0.713. The average Bonchev–Trinajstić information content (AvgIpc) is 3.14. The number of ether oxygens (including phenoxy) is 4. The fourth-order valence-corrected chi connectivity index (χ4v) is 2.88. The molecule has 0 saturated carbocycles. The lowest BCUT2D eigenvalue weighted by atomic mass is 10.0. The molecule has 0 bridgehead atoms. The molecule has 1 aliphatic heterocycles. The van der Waals surface area contributed by atoms with Crippen molar-refractivity contribution in [1.82, 2.24) is 0 Å². The Hall–Kier alpha value is -3.22. The van der Waals surface area contributed by atoms with Gasteiger partial charge in [0.1, 0.15) is 5.75 Å². The van der Waals surface area contributed by atoms with Gasteiger partial charge in [-0.2, -0.15) is 0 Å². The van der Waals surface area contributed by atoms with E-state index in [1.165, 1.54) is 6.92 Å². The highest BCUT2D eigenvalue weighted by Crippen LogP contribution is 2.34. The monoisotopic (exact) mass is 399 g/mol. The minimum absolute atomic E-state index is 0.153. The summed E-state index contributed by atoms with van der Waals surface area (Å²) in [5, 5.41) is 2.69. The number of aryl methyl sites for hydroxylation is 1. The summed E-state index contributed by atoms with van der Waals surface area (Å²) in [5.74, 6) is 1.02. The molecule has 1 N–H and O–H groups in total. The lowest BCUT2D eigenvalue weighted by molar-refractivity contribution is -0.155. The number of amides is 1. The van der Waals surface area contributed by atoms with Crippen molar-refractivity contribution < 1.29 is 28.5 Å². The molecule has 2 aromatic carbocycles. The number of benzene rings is 2. The maximum absolute atomic E-state index is 12.3. The van der Waals surface area contributed by atoms with Crippen LogP contribution in [-0.4, -0.2) is 31.4 Å². The van der Waals surface area contributed by atoms with Crippen molar-refractivity contribution in [2.75, 3.05) is 18.7 Å². The number of carbonyl (C=O) groups excluding carboxylic acids is 2. The first kappa shape index (κ1) is 20.5. The van der Waals surface area contributed by atoms with E-state index in [1.807, 2.05) is 25.1 Å². The number of hydrogen-bond acceptors (Lipinski definition) is 6. The standard InChI is InChI=1S/C22H25NO6/c1-13(2)17-7-5-14(3)9-19(17)26-11-21(24)29-15(4)22(25)23-16-6-8-18-20(10-16)28-12-27-18/h5-10,13,15H,11-12H2,1-4H3,(H,23,25)/t15-/m1/s1. The summed E-state index contributed by atoms with van der Waals surface area (Å²) < 4.78 is 21.4. The molecule has 29 heavy (non-hydrogen) atoms. The third kappa shape index (κ3) is 5.19. The number of anilines is 1. The van der Waals surface area contributed by atoms with E-state index in [-0.39, 0.29) is 19.3 Å². The summed E-state index contributed by atoms with van der Waals surface area (Å²) in [6.07, 6.45) is -0.974. The first-order chi connectivity index (χ1) is 13.8. The Bertz CT molecular complexity index is 908. The highest BCUT2D eigenvalue weighted by molar-refractivity contribution is 5.95. The highest BCUT2D eigenvalue weighted by atomic mass is 16.7. The summed E-state index contributed by atoms with van der Waals surface area (Å²) >= 11 is 0. The van der Waals surface area contributed by atoms with Gasteiger partial charge in [-0.05, 0) is 49.1 Å². The van der Waals surface area contributed by atoms with Crippen LogP contribution in [0.5, 0.6) is 17.2 Å². The Morgan fingerprint density at radius 2 is 1.83 bits per heavy atom. The number of fused-ring (bicyclic) bond motifs is 1. The zero-order valence-corrected chi connectivity index (χ0v) is 17.0. The minimum atomic E-state index is -0.974. The number of nitrogens with one attached hydrogen (secondary N) is 1. The molecule has 0 saturated heterocycles. The molecule has 7 nitrogen and oxygen atoms in total. The third-order valence-electron chi connectivity index (χ3n) is 4.45. The van der Waals surface area contributed by atoms with E-state index in [2.05, 4.69) is 19.2 Å². The van der Waals surface area contributed by atoms with Crippen molar-refractivity contribution in [2.24, 2.45) is 0 Å². The Kier molecular flexibility index (Phi) is 6.26. The van der Waals surface area contributed by atoms with Gasteiger partial charge in [-0.1, -0.05) is 26.0 Å². The van der Waals surface area contributed by atoms with Crippen molar-refractivity contribution in [3.05, 3.63) is 47.5 Å². The van der Waals surface area contributed by atoms with E-state index >= 15 is 0 Å². The van der Waals surface area contributed by atoms with Gasteiger partial charge in [0.05, 0.1) is 0 Å². The van der Waals surface area contributed by atoms with Gasteiger partial charge in [-0.15, -0.1) is 0 Å². The van der Waals surface area contributed by atoms with E-state index in [9.17, 15) is 9.59 Å². The van der Waals surface area contributed by atoms with Crippen LogP contribution in [0, 0.1) is 6.92 Å². The fourth-order valence-electron chi connectivity index (χ4n) is 2.88. The largest absolute Gasteiger partial charge is 0.482 e. The number of rotatable bonds is 7. The van der Waals surface area contributed by atoms with Crippen LogP contribution in [0.4, 0.5) is 5.69 Å². The zero-order valence-electron chi connectivity index (χ0n) is 17.0. The van der Waals surface area contributed by atoms with Crippen molar-refractivity contribution >= 4 is 17.6 Å². The van der Waals surface area contributed by atoms with Crippen LogP contribution in [-0.2, 0) is 14.3 Å². The second-order valence-electron chi connectivity index (χ2n) is 7.17. The predicted molar refractivity (Wildman–Crippen MR) is 108 cm³/mol. The first-order valence-electron chi connectivity index (χ1n) is 9.47. The predicted octanol–water partition coefficient (Wildman–Crippen LogP) is 3.80. The van der Waals surface area contributed by atoms with E-state index < -0.39 is 18.0 Å². The van der Waals surface area contributed by atoms with Crippen LogP contribution < -0.4 is 19.5 Å². The van der Waals surface area contributed by atoms with Crippen molar-refractivity contribution in [1.29, 1.82) is 0 Å². The SMILES string of the molecule is Cc1ccc(C(C)C)c(OCC(=O)O[C@H](C)C(=O)Nc2ccc3c(c2)OCO3)c1. The van der Waals surface area contributed by atoms with Gasteiger partial charge < -0.3 is 24.3 Å². The molecule has 0 aliphatic carbocycles. The molecule has 0 radical (unpaired) electrons. The topological polar surface area (TPSA) is 83.1 Å². The Morgan fingerprint density at radius 3 is 2.59 bits per heavy atom. The Morgan fingerprint density at radius 1 is 1.07 bits per heavy atom. The molecule has 7 heteroatoms. The molecule has 154 valence electrons. The first-order valence-corrected chi connectivity index (χ1v) is 9.47. The number of carbonyl (C=O) groups is 2. The molecule has 0 aromatic heterocycles. The summed E-state index contributed by atoms with van der Waals surface area (Å²) in [6.45, 7) is 7.45. The van der Waals surface area contributed by atoms with Crippen molar-refractivity contribution in [2.45, 2.75) is 39.7 Å². The van der Waals surface area contributed by atoms with E-state index in [4.69, 9.17) is 18.9 Å². The van der Waals surface area contributed by atoms with Gasteiger partial charge >= 0.3 is 5.97 Å². The summed E-state index contributed by atoms with van der Waals surface area (Å²) in [4.78, 5) is 24.4. The lowest BCUT2D eigenvalue weighted by Gasteiger charge is -2.16. The van der Waals surface area contributed by atoms with Crippen LogP contribution >= 0.6 is 0 Å². The van der Waals surface area contributed by atoms with Gasteiger partial charge in [0, 0.05) is 11.8 Å². The summed E-state index contributed by atoms with van der Waals surface area (Å²) in [6, 6.07) is 10.9. The van der Waals surface area contributed by atoms with E-state index in [0.717, 1.165) is 11.1 Å². The maximum atomic E-state index is 12.3. The van der Waals surface area contributed by atoms with Gasteiger partial charge in [0.15, 0.2) is 24.2 Å². The van der Waals surface area contributed by atoms with Crippen LogP contribution in [0.2, 0.25) is 0 Å². The average molecular weight is 399 g/mol. The van der Waals surface area contributed by atoms with Gasteiger partial charge in [0.2, 0.25) is 6.79 Å². The third-order valence-corrected chi connectivity index (χ3v) is 4.45. The molecule has 0 unspecified atom stereocenters. The Labute approximate surface area is 169 Å². The van der Waals surface area contributed by atoms with Gasteiger partial charge in [0.25, 0.3) is 5.91 Å². The molecular weight excluding hydrogens is 374 g/mol. The molecule has 1 atom stereocenters. The molecule has 1 aliphatic rings. The van der Waals surface area contributed by atoms with Crippen molar-refractivity contribution in [3.63, 3.8) is 0 Å². The van der Waals surface area contributed by atoms with Crippen LogP contribution in [0.15, 0.2) is 36.4 Å². The molecule has 1 amide bonds. The molecule has 0 spiro atoms. The van der Waals surface area contributed by atoms with Crippen LogP contribution in [0.3, 0.4) is 0 Å². The van der Waals surface area contributed by atoms with Crippen LogP contribution in [0.25, 0.3) is 0 Å². The molecule has 3 rings (SSSR count). The zero-order chi connectivity index (χ0) is 21.0. The number of hydrogen-bond donors (Lipinski definition) is 1. The van der Waals surface area contributed by atoms with E-state index in [0.29, 0.717) is 22.9 Å². The smallest absolute Gasteiger partial charge is 0.344 e. The molecule has 0 fully saturated rings. The molecular formula is C22H25NO6. The molecule has 2 aromatic rings. The number of esters is 1. The van der Waals surface area contributed by atoms with Gasteiger partial charge in [-0.3, -0.25) is 4.79 Å². The van der Waals surface area contributed by atoms with E-state index in [1.54, 1.807) is 18.2 Å². The van der Waals surface area contributed by atoms with Crippen LogP contribution in [0.1, 0.15) is 37.8 Å². The Balaban J connectivity index is 1.52. The second kappa shape index (κ2) is 8.86.